The highest BCUT2D eigenvalue weighted by atomic mass is 19.4. The topological polar surface area (TPSA) is 68.2 Å². The van der Waals surface area contributed by atoms with Gasteiger partial charge in [0.05, 0.1) is 5.47 Å². The Morgan fingerprint density at radius 2 is 1.38 bits per heavy atom. The first-order valence-corrected chi connectivity index (χ1v) is 3.91. The lowest BCUT2D eigenvalue weighted by Gasteiger charge is -2.06. The summed E-state index contributed by atoms with van der Waals surface area (Å²) < 4.78 is 47.7. The molecule has 0 amide bonds. The molecule has 16 heavy (non-hydrogen) atoms. The van der Waals surface area contributed by atoms with E-state index in [9.17, 15) is 13.2 Å². The van der Waals surface area contributed by atoms with Gasteiger partial charge in [-0.15, -0.1) is 0 Å². The second-order valence-corrected chi connectivity index (χ2v) is 2.39. The van der Waals surface area contributed by atoms with Crippen LogP contribution in [-0.4, -0.2) is 52.0 Å². The minimum Gasteiger partial charge on any atom is -0.423 e. The molecule has 0 unspecified atom stereocenters. The normalized spacial score (nSPS) is 10.2. The van der Waals surface area contributed by atoms with E-state index in [0.717, 1.165) is 0 Å². The molecule has 0 radical (unpaired) electrons. The van der Waals surface area contributed by atoms with Gasteiger partial charge in [-0.2, -0.15) is 13.2 Å². The Labute approximate surface area is 92.1 Å². The Morgan fingerprint density at radius 3 is 1.38 bits per heavy atom. The van der Waals surface area contributed by atoms with Crippen LogP contribution in [0, 0.1) is 0 Å². The van der Waals surface area contributed by atoms with Crippen molar-refractivity contribution in [3.63, 3.8) is 0 Å². The van der Waals surface area contributed by atoms with Gasteiger partial charge < -0.3 is 24.0 Å². The van der Waals surface area contributed by atoms with E-state index in [1.165, 1.54) is 21.3 Å². The molecule has 0 heterocycles. The summed E-state index contributed by atoms with van der Waals surface area (Å²) in [6, 6.07) is 0. The largest absolute Gasteiger partial charge is 0.638 e. The van der Waals surface area contributed by atoms with Crippen molar-refractivity contribution in [2.45, 2.75) is 6.18 Å². The molecule has 5 nitrogen and oxygen atoms in total. The fourth-order valence-corrected chi connectivity index (χ4v) is 0.435. The molecule has 0 aliphatic rings. The molecule has 0 fully saturated rings. The predicted molar refractivity (Wildman–Crippen MR) is 52.2 cm³/mol. The second-order valence-electron chi connectivity index (χ2n) is 2.39. The maximum absolute atomic E-state index is 11.3. The highest BCUT2D eigenvalue weighted by Crippen LogP contribution is 2.23. The smallest absolute Gasteiger partial charge is 0.423 e. The third-order valence-electron chi connectivity index (χ3n) is 1.25. The average molecular weight is 244 g/mol. The van der Waals surface area contributed by atoms with E-state index in [2.05, 4.69) is 20.5 Å². The Morgan fingerprint density at radius 1 is 1.06 bits per heavy atom. The molecule has 0 saturated carbocycles. The lowest BCUT2D eigenvalue weighted by molar-refractivity contribution is -0.0871. The Bertz CT molecular complexity index is 190. The summed E-state index contributed by atoms with van der Waals surface area (Å²) in [5, 5.41) is 15.8. The van der Waals surface area contributed by atoms with Crippen LogP contribution in [0.25, 0.3) is 0 Å². The number of rotatable bonds is 4. The van der Waals surface area contributed by atoms with Crippen molar-refractivity contribution >= 4 is 14.4 Å². The minimum atomic E-state index is -4.71. The van der Waals surface area contributed by atoms with Gasteiger partial charge in [-0.05, 0) is 0 Å². The molecule has 0 saturated heterocycles. The summed E-state index contributed by atoms with van der Waals surface area (Å²) in [5.74, 6) is 0. The highest BCUT2D eigenvalue weighted by Gasteiger charge is 2.38. The van der Waals surface area contributed by atoms with Gasteiger partial charge in [-0.3, -0.25) is 0 Å². The molecule has 0 rings (SSSR count). The van der Waals surface area contributed by atoms with E-state index in [-0.39, 0.29) is 0 Å². The van der Waals surface area contributed by atoms with E-state index in [0.29, 0.717) is 0 Å². The molecular formula is C6H13B2F3O5. The molecule has 0 aromatic carbocycles. The van der Waals surface area contributed by atoms with Crippen molar-refractivity contribution < 1.29 is 37.2 Å². The van der Waals surface area contributed by atoms with Crippen molar-refractivity contribution in [1.29, 1.82) is 0 Å². The van der Waals surface area contributed by atoms with Crippen LogP contribution < -0.4 is 0 Å². The molecule has 0 aliphatic carbocycles. The molecule has 94 valence electrons. The van der Waals surface area contributed by atoms with Gasteiger partial charge in [0, 0.05) is 21.3 Å². The van der Waals surface area contributed by atoms with Crippen molar-refractivity contribution in [2.75, 3.05) is 21.3 Å². The molecule has 0 bridgehead atoms. The van der Waals surface area contributed by atoms with Gasteiger partial charge in [0.1, 0.15) is 0 Å². The van der Waals surface area contributed by atoms with Gasteiger partial charge in [0.15, 0.2) is 0 Å². The minimum absolute atomic E-state index is 0.514. The summed E-state index contributed by atoms with van der Waals surface area (Å²) >= 11 is 0. The maximum Gasteiger partial charge on any atom is 0.638 e. The lowest BCUT2D eigenvalue weighted by atomic mass is 9.80. The molecule has 0 atom stereocenters. The summed E-state index contributed by atoms with van der Waals surface area (Å²) in [6.45, 7) is 2.40. The number of alkyl halides is 3. The molecule has 0 aliphatic heterocycles. The van der Waals surface area contributed by atoms with Crippen molar-refractivity contribution in [2.24, 2.45) is 0 Å². The van der Waals surface area contributed by atoms with Crippen molar-refractivity contribution in [3.8, 4) is 0 Å². The Balaban J connectivity index is 0. The third-order valence-corrected chi connectivity index (χ3v) is 1.25. The SMILES string of the molecule is C=C(B(O)O)C(F)(F)F.COB(OC)OC. The number of halogens is 3. The molecule has 0 aromatic rings. The fourth-order valence-electron chi connectivity index (χ4n) is 0.435. The maximum atomic E-state index is 11.3. The van der Waals surface area contributed by atoms with E-state index >= 15 is 0 Å². The van der Waals surface area contributed by atoms with Crippen LogP contribution in [0.2, 0.25) is 0 Å². The fraction of sp³-hybridized carbons (Fsp3) is 0.667. The van der Waals surface area contributed by atoms with Gasteiger partial charge in [-0.25, -0.2) is 0 Å². The van der Waals surface area contributed by atoms with Gasteiger partial charge >= 0.3 is 20.6 Å². The van der Waals surface area contributed by atoms with Crippen LogP contribution in [0.4, 0.5) is 13.2 Å². The summed E-state index contributed by atoms with van der Waals surface area (Å²) in [7, 11) is 1.51. The third kappa shape index (κ3) is 8.74. The standard InChI is InChI=1S/C3H4BF3O2.C3H9BO3/c1-2(4(8)9)3(5,6)7;1-5-4(6-2)7-3/h8-9H,1H2;1-3H3. The summed E-state index contributed by atoms with van der Waals surface area (Å²) in [6.07, 6.45) is -4.71. The van der Waals surface area contributed by atoms with E-state index in [1.807, 2.05) is 0 Å². The first-order chi connectivity index (χ1) is 7.20. The Kier molecular flexibility index (Phi) is 9.58. The van der Waals surface area contributed by atoms with Gasteiger partial charge in [0.25, 0.3) is 0 Å². The molecule has 2 N–H and O–H groups in total. The van der Waals surface area contributed by atoms with Crippen LogP contribution in [0.5, 0.6) is 0 Å². The van der Waals surface area contributed by atoms with Crippen molar-refractivity contribution in [1.82, 2.24) is 0 Å². The predicted octanol–water partition coefficient (Wildman–Crippen LogP) is 0.0274. The van der Waals surface area contributed by atoms with E-state index < -0.39 is 26.1 Å². The summed E-state index contributed by atoms with van der Waals surface area (Å²) in [4.78, 5) is 0. The average Bonchev–Trinajstić information content (AvgIpc) is 2.19. The van der Waals surface area contributed by atoms with Crippen LogP contribution in [0.3, 0.4) is 0 Å². The monoisotopic (exact) mass is 244 g/mol. The number of hydrogen-bond acceptors (Lipinski definition) is 5. The highest BCUT2D eigenvalue weighted by molar-refractivity contribution is 6.51. The first-order valence-electron chi connectivity index (χ1n) is 3.91. The zero-order valence-corrected chi connectivity index (χ0v) is 9.11. The van der Waals surface area contributed by atoms with Crippen LogP contribution in [0.1, 0.15) is 0 Å². The molecule has 0 spiro atoms. The zero-order chi connectivity index (χ0) is 13.4. The number of hydrogen-bond donors (Lipinski definition) is 2. The molecular weight excluding hydrogens is 231 g/mol. The van der Waals surface area contributed by atoms with Crippen LogP contribution >= 0.6 is 0 Å². The summed E-state index contributed by atoms with van der Waals surface area (Å²) in [5.41, 5.74) is -1.55. The van der Waals surface area contributed by atoms with E-state index in [1.54, 1.807) is 0 Å². The van der Waals surface area contributed by atoms with Crippen LogP contribution in [-0.2, 0) is 14.0 Å². The number of allylic oxidation sites excluding steroid dienone is 1. The molecule has 10 heteroatoms. The second kappa shape index (κ2) is 8.59. The van der Waals surface area contributed by atoms with Crippen molar-refractivity contribution in [3.05, 3.63) is 12.1 Å². The van der Waals surface area contributed by atoms with Crippen LogP contribution in [0.15, 0.2) is 12.1 Å². The van der Waals surface area contributed by atoms with Gasteiger partial charge in [-0.1, -0.05) is 6.58 Å². The van der Waals surface area contributed by atoms with Gasteiger partial charge in [0.2, 0.25) is 0 Å². The first kappa shape index (κ1) is 17.8. The zero-order valence-electron chi connectivity index (χ0n) is 9.11. The molecule has 0 aromatic heterocycles. The van der Waals surface area contributed by atoms with E-state index in [4.69, 9.17) is 10.0 Å². The lowest BCUT2D eigenvalue weighted by Crippen LogP contribution is -2.26. The quantitative estimate of drug-likeness (QED) is 0.682. The Hall–Kier alpha value is -0.540.